The third-order valence-corrected chi connectivity index (χ3v) is 2.73. The van der Waals surface area contributed by atoms with Gasteiger partial charge in [0, 0.05) is 12.1 Å². The molecule has 1 amide bonds. The van der Waals surface area contributed by atoms with Gasteiger partial charge in [0.05, 0.1) is 6.20 Å². The number of nitrogens with one attached hydrogen (secondary N) is 1. The molecular weight excluding hydrogens is 244 g/mol. The van der Waals surface area contributed by atoms with Crippen LogP contribution in [0.5, 0.6) is 5.75 Å². The van der Waals surface area contributed by atoms with Gasteiger partial charge in [0.1, 0.15) is 11.5 Å². The smallest absolute Gasteiger partial charge is 0.261 e. The summed E-state index contributed by atoms with van der Waals surface area (Å²) in [5.74, 6) is 1.20. The van der Waals surface area contributed by atoms with E-state index in [1.54, 1.807) is 20.0 Å². The van der Waals surface area contributed by atoms with E-state index in [0.29, 0.717) is 18.1 Å². The van der Waals surface area contributed by atoms with Gasteiger partial charge < -0.3 is 14.6 Å². The molecule has 1 unspecified atom stereocenters. The van der Waals surface area contributed by atoms with Crippen LogP contribution in [0.25, 0.3) is 0 Å². The van der Waals surface area contributed by atoms with Gasteiger partial charge in [0.2, 0.25) is 0 Å². The first-order chi connectivity index (χ1) is 9.16. The molecule has 100 valence electrons. The Bertz CT molecular complexity index is 537. The van der Waals surface area contributed by atoms with Crippen LogP contribution in [0.15, 0.2) is 41.1 Å². The molecule has 0 saturated carbocycles. The Kier molecular flexibility index (Phi) is 4.18. The van der Waals surface area contributed by atoms with E-state index in [2.05, 4.69) is 10.5 Å². The number of carbonyl (C=O) groups is 1. The number of hydrogen-bond acceptors (Lipinski definition) is 4. The summed E-state index contributed by atoms with van der Waals surface area (Å²) in [5, 5.41) is 6.44. The van der Waals surface area contributed by atoms with Crippen molar-refractivity contribution >= 4 is 5.91 Å². The molecule has 1 heterocycles. The van der Waals surface area contributed by atoms with Gasteiger partial charge in [-0.1, -0.05) is 23.4 Å². The summed E-state index contributed by atoms with van der Waals surface area (Å²) in [6, 6.07) is 9.25. The molecule has 1 N–H and O–H groups in total. The van der Waals surface area contributed by atoms with E-state index in [9.17, 15) is 4.79 Å². The molecule has 0 radical (unpaired) electrons. The average molecular weight is 260 g/mol. The summed E-state index contributed by atoms with van der Waals surface area (Å²) >= 11 is 0. The lowest BCUT2D eigenvalue weighted by Crippen LogP contribution is -2.35. The topological polar surface area (TPSA) is 64.4 Å². The van der Waals surface area contributed by atoms with Crippen LogP contribution in [-0.2, 0) is 11.3 Å². The summed E-state index contributed by atoms with van der Waals surface area (Å²) in [5.41, 5.74) is 0.861. The summed E-state index contributed by atoms with van der Waals surface area (Å²) in [7, 11) is 0. The number of amides is 1. The second-order valence-electron chi connectivity index (χ2n) is 4.20. The minimum atomic E-state index is -0.553. The van der Waals surface area contributed by atoms with Crippen molar-refractivity contribution in [2.24, 2.45) is 0 Å². The van der Waals surface area contributed by atoms with E-state index in [1.807, 2.05) is 30.3 Å². The number of hydrogen-bond donors (Lipinski definition) is 1. The molecule has 5 nitrogen and oxygen atoms in total. The molecular formula is C14H16N2O3. The standard InChI is InChI=1S/C14H16N2O3/c1-10-12(9-16-19-10)8-15-14(17)11(2)18-13-6-4-3-5-7-13/h3-7,9,11H,8H2,1-2H3,(H,15,17). The van der Waals surface area contributed by atoms with Gasteiger partial charge in [-0.15, -0.1) is 0 Å². The summed E-state index contributed by atoms with van der Waals surface area (Å²) in [6.45, 7) is 3.90. The van der Waals surface area contributed by atoms with E-state index < -0.39 is 6.10 Å². The summed E-state index contributed by atoms with van der Waals surface area (Å²) in [4.78, 5) is 11.9. The van der Waals surface area contributed by atoms with Gasteiger partial charge in [-0.25, -0.2) is 0 Å². The zero-order valence-corrected chi connectivity index (χ0v) is 10.9. The Hall–Kier alpha value is -2.30. The lowest BCUT2D eigenvalue weighted by molar-refractivity contribution is -0.127. The molecule has 0 fully saturated rings. The largest absolute Gasteiger partial charge is 0.481 e. The molecule has 1 aromatic heterocycles. The predicted octanol–water partition coefficient (Wildman–Crippen LogP) is 2.07. The minimum absolute atomic E-state index is 0.176. The number of rotatable bonds is 5. The number of carbonyl (C=O) groups excluding carboxylic acids is 1. The summed E-state index contributed by atoms with van der Waals surface area (Å²) < 4.78 is 10.4. The number of ether oxygens (including phenoxy) is 1. The minimum Gasteiger partial charge on any atom is -0.481 e. The van der Waals surface area contributed by atoms with E-state index in [1.165, 1.54) is 0 Å². The first-order valence-corrected chi connectivity index (χ1v) is 6.06. The van der Waals surface area contributed by atoms with Crippen LogP contribution in [0, 0.1) is 6.92 Å². The van der Waals surface area contributed by atoms with Crippen LogP contribution in [0.2, 0.25) is 0 Å². The predicted molar refractivity (Wildman–Crippen MR) is 69.6 cm³/mol. The quantitative estimate of drug-likeness (QED) is 0.893. The van der Waals surface area contributed by atoms with Gasteiger partial charge in [-0.3, -0.25) is 4.79 Å². The average Bonchev–Trinajstić information content (AvgIpc) is 2.82. The third-order valence-electron chi connectivity index (χ3n) is 2.73. The zero-order chi connectivity index (χ0) is 13.7. The van der Waals surface area contributed by atoms with Gasteiger partial charge in [0.15, 0.2) is 6.10 Å². The van der Waals surface area contributed by atoms with Crippen molar-refractivity contribution in [2.45, 2.75) is 26.5 Å². The molecule has 19 heavy (non-hydrogen) atoms. The molecule has 0 bridgehead atoms. The molecule has 2 aromatic rings. The molecule has 0 saturated heterocycles. The van der Waals surface area contributed by atoms with Crippen LogP contribution in [-0.4, -0.2) is 17.2 Å². The monoisotopic (exact) mass is 260 g/mol. The number of aryl methyl sites for hydroxylation is 1. The van der Waals surface area contributed by atoms with Gasteiger partial charge in [-0.05, 0) is 26.0 Å². The third kappa shape index (κ3) is 3.58. The fraction of sp³-hybridized carbons (Fsp3) is 0.286. The highest BCUT2D eigenvalue weighted by molar-refractivity contribution is 5.80. The van der Waals surface area contributed by atoms with E-state index >= 15 is 0 Å². The first kappa shape index (κ1) is 13.1. The number of nitrogens with zero attached hydrogens (tertiary/aromatic N) is 1. The van der Waals surface area contributed by atoms with Crippen molar-refractivity contribution in [2.75, 3.05) is 0 Å². The Balaban J connectivity index is 1.84. The van der Waals surface area contributed by atoms with Crippen molar-refractivity contribution in [3.63, 3.8) is 0 Å². The van der Waals surface area contributed by atoms with Crippen molar-refractivity contribution < 1.29 is 14.1 Å². The van der Waals surface area contributed by atoms with Crippen LogP contribution in [0.1, 0.15) is 18.2 Å². The number of para-hydroxylation sites is 1. The molecule has 2 rings (SSSR count). The summed E-state index contributed by atoms with van der Waals surface area (Å²) in [6.07, 6.45) is 1.04. The molecule has 0 aliphatic carbocycles. The Morgan fingerprint density at radius 1 is 1.42 bits per heavy atom. The van der Waals surface area contributed by atoms with E-state index in [0.717, 1.165) is 5.56 Å². The number of benzene rings is 1. The van der Waals surface area contributed by atoms with Crippen LogP contribution >= 0.6 is 0 Å². The maximum Gasteiger partial charge on any atom is 0.261 e. The normalized spacial score (nSPS) is 11.9. The van der Waals surface area contributed by atoms with Crippen molar-refractivity contribution in [3.05, 3.63) is 47.9 Å². The maximum absolute atomic E-state index is 11.9. The molecule has 0 aliphatic rings. The first-order valence-electron chi connectivity index (χ1n) is 6.06. The van der Waals surface area contributed by atoms with Crippen molar-refractivity contribution in [1.29, 1.82) is 0 Å². The van der Waals surface area contributed by atoms with Crippen LogP contribution in [0.4, 0.5) is 0 Å². The Morgan fingerprint density at radius 3 is 2.79 bits per heavy atom. The molecule has 1 aromatic carbocycles. The van der Waals surface area contributed by atoms with E-state index in [-0.39, 0.29) is 5.91 Å². The van der Waals surface area contributed by atoms with Gasteiger partial charge in [0.25, 0.3) is 5.91 Å². The SMILES string of the molecule is Cc1oncc1CNC(=O)C(C)Oc1ccccc1. The Morgan fingerprint density at radius 2 is 2.16 bits per heavy atom. The lowest BCUT2D eigenvalue weighted by atomic mass is 10.2. The maximum atomic E-state index is 11.9. The number of aromatic nitrogens is 1. The second-order valence-corrected chi connectivity index (χ2v) is 4.20. The van der Waals surface area contributed by atoms with Crippen LogP contribution < -0.4 is 10.1 Å². The molecule has 1 atom stereocenters. The Labute approximate surface area is 111 Å². The fourth-order valence-electron chi connectivity index (χ4n) is 1.57. The highest BCUT2D eigenvalue weighted by Gasteiger charge is 2.15. The van der Waals surface area contributed by atoms with Crippen molar-refractivity contribution in [1.82, 2.24) is 10.5 Å². The molecule has 5 heteroatoms. The van der Waals surface area contributed by atoms with Crippen molar-refractivity contribution in [3.8, 4) is 5.75 Å². The zero-order valence-electron chi connectivity index (χ0n) is 10.9. The fourth-order valence-corrected chi connectivity index (χ4v) is 1.57. The highest BCUT2D eigenvalue weighted by atomic mass is 16.5. The van der Waals surface area contributed by atoms with Crippen LogP contribution in [0.3, 0.4) is 0 Å². The van der Waals surface area contributed by atoms with Gasteiger partial charge >= 0.3 is 0 Å². The molecule has 0 aliphatic heterocycles. The highest BCUT2D eigenvalue weighted by Crippen LogP contribution is 2.11. The van der Waals surface area contributed by atoms with E-state index in [4.69, 9.17) is 9.26 Å². The lowest BCUT2D eigenvalue weighted by Gasteiger charge is -2.14. The molecule has 0 spiro atoms. The second kappa shape index (κ2) is 6.04. The van der Waals surface area contributed by atoms with Gasteiger partial charge in [-0.2, -0.15) is 0 Å².